The molecule has 1 aromatic carbocycles. The van der Waals surface area contributed by atoms with Crippen LogP contribution in [-0.2, 0) is 11.2 Å². The molecule has 1 saturated heterocycles. The fourth-order valence-electron chi connectivity index (χ4n) is 3.61. The summed E-state index contributed by atoms with van der Waals surface area (Å²) in [6.45, 7) is 8.17. The summed E-state index contributed by atoms with van der Waals surface area (Å²) in [4.78, 5) is 26.0. The largest absolute Gasteiger partial charge is 0.338 e. The monoisotopic (exact) mass is 344 g/mol. The smallest absolute Gasteiger partial charge is 0.315 e. The zero-order valence-electron chi connectivity index (χ0n) is 15.1. The lowest BCUT2D eigenvalue weighted by atomic mass is 9.98. The lowest BCUT2D eigenvalue weighted by Gasteiger charge is -2.21. The molecule has 1 fully saturated rings. The number of fused-ring (bicyclic) bond motifs is 1. The molecular formula is C19H28N4O2. The van der Waals surface area contributed by atoms with Gasteiger partial charge in [0.15, 0.2) is 0 Å². The summed E-state index contributed by atoms with van der Waals surface area (Å²) in [6, 6.07) is 5.78. The van der Waals surface area contributed by atoms with Crippen molar-refractivity contribution in [3.63, 3.8) is 0 Å². The Bertz CT molecular complexity index is 646. The second-order valence-electron chi connectivity index (χ2n) is 7.09. The van der Waals surface area contributed by atoms with E-state index in [1.807, 2.05) is 19.1 Å². The van der Waals surface area contributed by atoms with E-state index < -0.39 is 0 Å². The number of aryl methyl sites for hydroxylation is 1. The average Bonchev–Trinajstić information content (AvgIpc) is 3.07. The first-order valence-electron chi connectivity index (χ1n) is 9.24. The van der Waals surface area contributed by atoms with Gasteiger partial charge in [0.25, 0.3) is 0 Å². The number of hydrogen-bond acceptors (Lipinski definition) is 3. The normalized spacial score (nSPS) is 21.4. The van der Waals surface area contributed by atoms with Crippen molar-refractivity contribution in [3.05, 3.63) is 29.3 Å². The number of urea groups is 1. The van der Waals surface area contributed by atoms with Gasteiger partial charge in [0.05, 0.1) is 6.04 Å². The highest BCUT2D eigenvalue weighted by Crippen LogP contribution is 2.26. The van der Waals surface area contributed by atoms with E-state index >= 15 is 0 Å². The molecule has 3 amide bonds. The van der Waals surface area contributed by atoms with Crippen molar-refractivity contribution >= 4 is 17.6 Å². The second kappa shape index (κ2) is 7.87. The van der Waals surface area contributed by atoms with Crippen molar-refractivity contribution in [2.24, 2.45) is 5.92 Å². The Morgan fingerprint density at radius 3 is 3.00 bits per heavy atom. The topological polar surface area (TPSA) is 73.5 Å². The highest BCUT2D eigenvalue weighted by Gasteiger charge is 2.22. The molecule has 2 aliphatic heterocycles. The Kier molecular flexibility index (Phi) is 5.58. The molecule has 3 N–H and O–H groups in total. The van der Waals surface area contributed by atoms with Crippen molar-refractivity contribution in [1.82, 2.24) is 15.5 Å². The molecule has 25 heavy (non-hydrogen) atoms. The highest BCUT2D eigenvalue weighted by molar-refractivity contribution is 5.93. The number of amides is 3. The van der Waals surface area contributed by atoms with Crippen molar-refractivity contribution < 1.29 is 9.59 Å². The Balaban J connectivity index is 1.49. The number of nitrogens with zero attached hydrogens (tertiary/aromatic N) is 1. The quantitative estimate of drug-likeness (QED) is 0.767. The molecule has 0 aliphatic carbocycles. The number of anilines is 1. The van der Waals surface area contributed by atoms with E-state index in [0.717, 1.165) is 55.8 Å². The van der Waals surface area contributed by atoms with Gasteiger partial charge in [-0.05, 0) is 56.0 Å². The van der Waals surface area contributed by atoms with E-state index in [1.165, 1.54) is 0 Å². The summed E-state index contributed by atoms with van der Waals surface area (Å²) in [7, 11) is 0. The molecule has 6 nitrogen and oxygen atoms in total. The number of benzene rings is 1. The van der Waals surface area contributed by atoms with Crippen LogP contribution in [0.15, 0.2) is 18.2 Å². The standard InChI is InChI=1S/C19H28N4O2/c1-3-23-9-8-14(12-23)11-20-19(25)21-13(2)15-4-6-17-16(10-15)5-7-18(24)22-17/h4,6,10,13-14H,3,5,7-9,11-12H2,1-2H3,(H,22,24)(H2,20,21,25)/t13-,14-/m0/s1. The van der Waals surface area contributed by atoms with Crippen molar-refractivity contribution in [2.75, 3.05) is 31.5 Å². The van der Waals surface area contributed by atoms with Gasteiger partial charge >= 0.3 is 6.03 Å². The molecule has 2 atom stereocenters. The van der Waals surface area contributed by atoms with Gasteiger partial charge in [0.1, 0.15) is 0 Å². The average molecular weight is 344 g/mol. The number of carbonyl (C=O) groups is 2. The van der Waals surface area contributed by atoms with Crippen LogP contribution in [0.2, 0.25) is 0 Å². The van der Waals surface area contributed by atoms with Crippen LogP contribution in [0, 0.1) is 5.92 Å². The molecule has 0 radical (unpaired) electrons. The van der Waals surface area contributed by atoms with Crippen LogP contribution in [0.4, 0.5) is 10.5 Å². The first kappa shape index (κ1) is 17.7. The summed E-state index contributed by atoms with van der Waals surface area (Å²) in [5, 5.41) is 8.90. The third kappa shape index (κ3) is 4.51. The van der Waals surface area contributed by atoms with Gasteiger partial charge in [-0.2, -0.15) is 0 Å². The van der Waals surface area contributed by atoms with Gasteiger partial charge in [0.2, 0.25) is 5.91 Å². The molecule has 0 unspecified atom stereocenters. The van der Waals surface area contributed by atoms with Gasteiger partial charge in [-0.1, -0.05) is 19.1 Å². The minimum Gasteiger partial charge on any atom is -0.338 e. The number of likely N-dealkylation sites (tertiary alicyclic amines) is 1. The van der Waals surface area contributed by atoms with E-state index in [2.05, 4.69) is 33.8 Å². The Hall–Kier alpha value is -2.08. The van der Waals surface area contributed by atoms with E-state index in [4.69, 9.17) is 0 Å². The van der Waals surface area contributed by atoms with Gasteiger partial charge < -0.3 is 20.9 Å². The zero-order valence-corrected chi connectivity index (χ0v) is 15.1. The maximum atomic E-state index is 12.2. The lowest BCUT2D eigenvalue weighted by Crippen LogP contribution is -2.40. The molecule has 0 aromatic heterocycles. The highest BCUT2D eigenvalue weighted by atomic mass is 16.2. The lowest BCUT2D eigenvalue weighted by molar-refractivity contribution is -0.116. The van der Waals surface area contributed by atoms with E-state index in [9.17, 15) is 9.59 Å². The van der Waals surface area contributed by atoms with Crippen LogP contribution in [-0.4, -0.2) is 43.0 Å². The van der Waals surface area contributed by atoms with E-state index in [-0.39, 0.29) is 18.0 Å². The summed E-state index contributed by atoms with van der Waals surface area (Å²) >= 11 is 0. The molecule has 6 heteroatoms. The van der Waals surface area contributed by atoms with E-state index in [1.54, 1.807) is 0 Å². The van der Waals surface area contributed by atoms with Crippen LogP contribution >= 0.6 is 0 Å². The van der Waals surface area contributed by atoms with E-state index in [0.29, 0.717) is 12.3 Å². The Morgan fingerprint density at radius 1 is 1.40 bits per heavy atom. The predicted octanol–water partition coefficient (Wildman–Crippen LogP) is 2.27. The van der Waals surface area contributed by atoms with Crippen molar-refractivity contribution in [3.8, 4) is 0 Å². The van der Waals surface area contributed by atoms with Crippen LogP contribution < -0.4 is 16.0 Å². The summed E-state index contributed by atoms with van der Waals surface area (Å²) in [5.41, 5.74) is 3.08. The number of carbonyl (C=O) groups excluding carboxylic acids is 2. The van der Waals surface area contributed by atoms with Crippen molar-refractivity contribution in [1.29, 1.82) is 0 Å². The minimum absolute atomic E-state index is 0.0688. The maximum Gasteiger partial charge on any atom is 0.315 e. The Morgan fingerprint density at radius 2 is 2.24 bits per heavy atom. The van der Waals surface area contributed by atoms with Gasteiger partial charge in [0, 0.05) is 25.2 Å². The Labute approximate surface area is 149 Å². The van der Waals surface area contributed by atoms with Crippen molar-refractivity contribution in [2.45, 2.75) is 39.2 Å². The molecule has 1 aromatic rings. The summed E-state index contributed by atoms with van der Waals surface area (Å²) in [6.07, 6.45) is 2.43. The second-order valence-corrected chi connectivity index (χ2v) is 7.09. The van der Waals surface area contributed by atoms with Crippen LogP contribution in [0.3, 0.4) is 0 Å². The number of rotatable bonds is 5. The summed E-state index contributed by atoms with van der Waals surface area (Å²) < 4.78 is 0. The molecule has 2 heterocycles. The number of nitrogens with one attached hydrogen (secondary N) is 3. The number of hydrogen-bond donors (Lipinski definition) is 3. The molecule has 136 valence electrons. The third-order valence-electron chi connectivity index (χ3n) is 5.24. The first-order valence-corrected chi connectivity index (χ1v) is 9.24. The molecule has 0 saturated carbocycles. The van der Waals surface area contributed by atoms with Crippen LogP contribution in [0.5, 0.6) is 0 Å². The van der Waals surface area contributed by atoms with Gasteiger partial charge in [-0.15, -0.1) is 0 Å². The van der Waals surface area contributed by atoms with Gasteiger partial charge in [-0.25, -0.2) is 4.79 Å². The minimum atomic E-state index is -0.117. The fraction of sp³-hybridized carbons (Fsp3) is 0.579. The molecule has 2 aliphatic rings. The third-order valence-corrected chi connectivity index (χ3v) is 5.24. The molecular weight excluding hydrogens is 316 g/mol. The molecule has 0 spiro atoms. The van der Waals surface area contributed by atoms with Gasteiger partial charge in [-0.3, -0.25) is 4.79 Å². The van der Waals surface area contributed by atoms with Crippen LogP contribution in [0.25, 0.3) is 0 Å². The zero-order chi connectivity index (χ0) is 17.8. The fourth-order valence-corrected chi connectivity index (χ4v) is 3.61. The first-order chi connectivity index (χ1) is 12.0. The SMILES string of the molecule is CCN1CC[C@@H](CNC(=O)N[C@@H](C)c2ccc3c(c2)CCC(=O)N3)C1. The molecule has 3 rings (SSSR count). The molecule has 0 bridgehead atoms. The maximum absolute atomic E-state index is 12.2. The van der Waals surface area contributed by atoms with Crippen LogP contribution in [0.1, 0.15) is 43.9 Å². The predicted molar refractivity (Wildman–Crippen MR) is 98.6 cm³/mol. The summed E-state index contributed by atoms with van der Waals surface area (Å²) in [5.74, 6) is 0.618.